The molecule has 0 aliphatic rings. The van der Waals surface area contributed by atoms with E-state index in [9.17, 15) is 38.3 Å². The molecule has 4 amide bonds. The standard InChI is InChI=1S/C35H45N4O12P/c1-6-9-10-13-26(28(7-2)39(22-40)51-34(43)27-14-11-12-15-30(27)50-35(44)38(4)5)32(41)36-21-37-33(42)31-17-16-29(49-31)23-18-24(48-8-3)20-25(19-23)52(45,46)47/h11-12,14-20,22,26,28H,6-10,13,21H2,1-5H3,(H,36,41)(H,37,42)(H2,45,46,47)/t26-,28-/m1/s1. The van der Waals surface area contributed by atoms with Gasteiger partial charge in [0.15, 0.2) is 5.76 Å². The van der Waals surface area contributed by atoms with E-state index in [1.54, 1.807) is 19.9 Å². The molecule has 4 N–H and O–H groups in total. The number of rotatable bonds is 19. The van der Waals surface area contributed by atoms with Gasteiger partial charge in [-0.3, -0.25) is 18.9 Å². The molecule has 0 saturated heterocycles. The third-order valence-electron chi connectivity index (χ3n) is 7.79. The second-order valence-electron chi connectivity index (χ2n) is 11.8. The third-order valence-corrected chi connectivity index (χ3v) is 8.72. The van der Waals surface area contributed by atoms with E-state index in [0.29, 0.717) is 19.3 Å². The van der Waals surface area contributed by atoms with Crippen LogP contribution < -0.4 is 25.4 Å². The fourth-order valence-corrected chi connectivity index (χ4v) is 5.77. The highest BCUT2D eigenvalue weighted by Crippen LogP contribution is 2.37. The lowest BCUT2D eigenvalue weighted by Crippen LogP contribution is -2.49. The Hall–Kier alpha value is -5.18. The van der Waals surface area contributed by atoms with E-state index >= 15 is 0 Å². The molecule has 0 radical (unpaired) electrons. The number of carbonyl (C=O) groups excluding carboxylic acids is 5. The molecule has 0 spiro atoms. The van der Waals surface area contributed by atoms with Crippen LogP contribution in [0.1, 0.15) is 73.8 Å². The van der Waals surface area contributed by atoms with Crippen LogP contribution in [-0.2, 0) is 19.0 Å². The van der Waals surface area contributed by atoms with Crippen molar-refractivity contribution in [3.05, 3.63) is 65.9 Å². The zero-order valence-electron chi connectivity index (χ0n) is 29.7. The van der Waals surface area contributed by atoms with Gasteiger partial charge in [0.25, 0.3) is 5.91 Å². The maximum atomic E-state index is 13.6. The van der Waals surface area contributed by atoms with Crippen molar-refractivity contribution in [2.24, 2.45) is 5.92 Å². The number of unbranched alkanes of at least 4 members (excludes halogenated alkanes) is 2. The number of furan rings is 1. The van der Waals surface area contributed by atoms with Crippen LogP contribution in [0.4, 0.5) is 4.79 Å². The van der Waals surface area contributed by atoms with Crippen LogP contribution in [-0.4, -0.2) is 83.4 Å². The lowest BCUT2D eigenvalue weighted by Gasteiger charge is -2.32. The van der Waals surface area contributed by atoms with Crippen LogP contribution in [0.3, 0.4) is 0 Å². The summed E-state index contributed by atoms with van der Waals surface area (Å²) in [5.41, 5.74) is 0.162. The Morgan fingerprint density at radius 1 is 0.981 bits per heavy atom. The minimum absolute atomic E-state index is 0.0772. The maximum Gasteiger partial charge on any atom is 0.414 e. The molecule has 282 valence electrons. The summed E-state index contributed by atoms with van der Waals surface area (Å²) in [4.78, 5) is 90.1. The smallest absolute Gasteiger partial charge is 0.414 e. The lowest BCUT2D eigenvalue weighted by molar-refractivity contribution is -0.171. The molecule has 2 atom stereocenters. The molecule has 0 unspecified atom stereocenters. The predicted octanol–water partition coefficient (Wildman–Crippen LogP) is 4.22. The summed E-state index contributed by atoms with van der Waals surface area (Å²) >= 11 is 0. The van der Waals surface area contributed by atoms with Crippen LogP contribution in [0.2, 0.25) is 0 Å². The van der Waals surface area contributed by atoms with Crippen molar-refractivity contribution in [3.63, 3.8) is 0 Å². The van der Waals surface area contributed by atoms with Gasteiger partial charge in [-0.1, -0.05) is 45.2 Å². The normalized spacial score (nSPS) is 12.2. The van der Waals surface area contributed by atoms with Crippen LogP contribution >= 0.6 is 7.60 Å². The summed E-state index contributed by atoms with van der Waals surface area (Å²) in [6.45, 7) is 5.38. The lowest BCUT2D eigenvalue weighted by atomic mass is 9.90. The molecular formula is C35H45N4O12P. The fourth-order valence-electron chi connectivity index (χ4n) is 5.16. The summed E-state index contributed by atoms with van der Waals surface area (Å²) in [6, 6.07) is 11.8. The van der Waals surface area contributed by atoms with Crippen LogP contribution in [0.25, 0.3) is 11.3 Å². The van der Waals surface area contributed by atoms with E-state index in [4.69, 9.17) is 18.7 Å². The Bertz CT molecular complexity index is 1750. The second kappa shape index (κ2) is 19.4. The van der Waals surface area contributed by atoms with Crippen molar-refractivity contribution in [3.8, 4) is 22.8 Å². The molecule has 0 fully saturated rings. The van der Waals surface area contributed by atoms with Gasteiger partial charge in [-0.15, -0.1) is 0 Å². The van der Waals surface area contributed by atoms with Crippen LogP contribution in [0, 0.1) is 5.92 Å². The van der Waals surface area contributed by atoms with Gasteiger partial charge in [-0.25, -0.2) is 9.59 Å². The number of nitrogens with zero attached hydrogens (tertiary/aromatic N) is 2. The average molecular weight is 745 g/mol. The highest BCUT2D eigenvalue weighted by atomic mass is 31.2. The Balaban J connectivity index is 1.72. The first-order chi connectivity index (χ1) is 24.7. The number of hydrogen-bond acceptors (Lipinski definition) is 10. The SMILES string of the molecule is CCCCC[C@@H](C(=O)NCNC(=O)c1ccc(-c2cc(OCC)cc(P(=O)(O)O)c2)o1)[C@@H](CC)N(C=O)OC(=O)c1ccccc1OC(=O)N(C)C. The Morgan fingerprint density at radius 3 is 2.35 bits per heavy atom. The highest BCUT2D eigenvalue weighted by molar-refractivity contribution is 7.60. The molecule has 0 aliphatic carbocycles. The highest BCUT2D eigenvalue weighted by Gasteiger charge is 2.34. The summed E-state index contributed by atoms with van der Waals surface area (Å²) in [6.07, 6.45) is 2.43. The van der Waals surface area contributed by atoms with Gasteiger partial charge < -0.3 is 44.0 Å². The predicted molar refractivity (Wildman–Crippen MR) is 189 cm³/mol. The third kappa shape index (κ3) is 11.4. The quantitative estimate of drug-likeness (QED) is 0.0447. The Kier molecular flexibility index (Phi) is 15.4. The monoisotopic (exact) mass is 744 g/mol. The molecule has 52 heavy (non-hydrogen) atoms. The maximum absolute atomic E-state index is 13.6. The zero-order chi connectivity index (χ0) is 38.4. The van der Waals surface area contributed by atoms with E-state index in [1.165, 1.54) is 67.5 Å². The summed E-state index contributed by atoms with van der Waals surface area (Å²) < 4.78 is 28.3. The number of hydroxylamine groups is 2. The van der Waals surface area contributed by atoms with Gasteiger partial charge in [0.2, 0.25) is 12.3 Å². The second-order valence-corrected chi connectivity index (χ2v) is 13.4. The largest absolute Gasteiger partial charge is 0.494 e. The van der Waals surface area contributed by atoms with Crippen molar-refractivity contribution in [1.29, 1.82) is 0 Å². The van der Waals surface area contributed by atoms with Gasteiger partial charge in [-0.2, -0.15) is 5.06 Å². The minimum Gasteiger partial charge on any atom is -0.494 e. The summed E-state index contributed by atoms with van der Waals surface area (Å²) in [5.74, 6) is -2.87. The van der Waals surface area contributed by atoms with Crippen LogP contribution in [0.5, 0.6) is 11.5 Å². The average Bonchev–Trinajstić information content (AvgIpc) is 3.61. The molecule has 3 rings (SSSR count). The van der Waals surface area contributed by atoms with E-state index in [0.717, 1.165) is 17.9 Å². The topological polar surface area (TPSA) is 214 Å². The molecule has 17 heteroatoms. The fraction of sp³-hybridized carbons (Fsp3) is 0.400. The first-order valence-corrected chi connectivity index (χ1v) is 18.3. The Morgan fingerprint density at radius 2 is 1.71 bits per heavy atom. The molecule has 3 aromatic rings. The number of benzene rings is 2. The molecule has 2 aromatic carbocycles. The molecule has 1 heterocycles. The number of para-hydroxylation sites is 1. The van der Waals surface area contributed by atoms with Gasteiger partial charge >= 0.3 is 19.7 Å². The van der Waals surface area contributed by atoms with Crippen molar-refractivity contribution in [1.82, 2.24) is 20.6 Å². The molecule has 0 aliphatic heterocycles. The van der Waals surface area contributed by atoms with Gasteiger partial charge in [0, 0.05) is 19.7 Å². The van der Waals surface area contributed by atoms with Gasteiger partial charge in [0.05, 0.1) is 30.5 Å². The van der Waals surface area contributed by atoms with Gasteiger partial charge in [0.1, 0.15) is 22.8 Å². The Labute approximate surface area is 301 Å². The van der Waals surface area contributed by atoms with E-state index in [1.807, 2.05) is 6.92 Å². The molecule has 16 nitrogen and oxygen atoms in total. The molecule has 0 saturated carbocycles. The van der Waals surface area contributed by atoms with Crippen molar-refractivity contribution < 1.29 is 57.1 Å². The van der Waals surface area contributed by atoms with E-state index in [-0.39, 0.29) is 59.1 Å². The van der Waals surface area contributed by atoms with Crippen LogP contribution in [0.15, 0.2) is 59.0 Å². The molecule has 1 aromatic heterocycles. The van der Waals surface area contributed by atoms with Crippen molar-refractivity contribution in [2.75, 3.05) is 27.4 Å². The van der Waals surface area contributed by atoms with Gasteiger partial charge in [-0.05, 0) is 62.2 Å². The first-order valence-electron chi connectivity index (χ1n) is 16.7. The number of ether oxygens (including phenoxy) is 2. The van der Waals surface area contributed by atoms with E-state index < -0.39 is 43.4 Å². The summed E-state index contributed by atoms with van der Waals surface area (Å²) in [7, 11) is -1.67. The van der Waals surface area contributed by atoms with E-state index in [2.05, 4.69) is 10.6 Å². The number of hydrogen-bond donors (Lipinski definition) is 4. The van der Waals surface area contributed by atoms with Crippen molar-refractivity contribution >= 4 is 43.2 Å². The summed E-state index contributed by atoms with van der Waals surface area (Å²) in [5, 5.41) is 5.69. The number of carbonyl (C=O) groups is 5. The van der Waals surface area contributed by atoms with Crippen molar-refractivity contribution in [2.45, 2.75) is 58.9 Å². The minimum atomic E-state index is -4.63. The number of nitrogens with one attached hydrogen (secondary N) is 2. The molecular weight excluding hydrogens is 699 g/mol. The number of amides is 4. The first kappa shape index (κ1) is 41.2. The zero-order valence-corrected chi connectivity index (χ0v) is 30.6. The molecule has 0 bridgehead atoms.